The Morgan fingerprint density at radius 3 is 2.48 bits per heavy atom. The van der Waals surface area contributed by atoms with Crippen LogP contribution >= 0.6 is 0 Å². The van der Waals surface area contributed by atoms with Gasteiger partial charge < -0.3 is 9.05 Å². The number of aryl methyl sites for hydroxylation is 2. The lowest BCUT2D eigenvalue weighted by Crippen LogP contribution is -2.48. The minimum atomic E-state index is -4.48. The molecular formula is C17H15F3N4O4S. The number of nitrogens with zero attached hydrogens (tertiary/aromatic N) is 4. The number of hydrogen-bond donors (Lipinski definition) is 0. The molecule has 0 spiro atoms. The standard InChI is InChI=1S/C17H15F3N4O4S/c1-9-14(10(2)27-22-9)29(25,26)24-7-12(8-24)16-21-15(23-28-16)11-4-3-5-13(6-11)17(18,19)20/h3-6,12H,7-8H2,1-2H3. The molecule has 12 heteroatoms. The molecule has 0 aliphatic carbocycles. The van der Waals surface area contributed by atoms with E-state index < -0.39 is 21.8 Å². The van der Waals surface area contributed by atoms with Gasteiger partial charge in [0.05, 0.1) is 11.5 Å². The van der Waals surface area contributed by atoms with Gasteiger partial charge in [0.2, 0.25) is 21.7 Å². The highest BCUT2D eigenvalue weighted by Crippen LogP contribution is 2.35. The van der Waals surface area contributed by atoms with E-state index in [1.165, 1.54) is 23.4 Å². The van der Waals surface area contributed by atoms with Crippen LogP contribution in [0.15, 0.2) is 38.2 Å². The lowest BCUT2D eigenvalue weighted by atomic mass is 10.0. The van der Waals surface area contributed by atoms with Crippen molar-refractivity contribution in [1.29, 1.82) is 0 Å². The molecule has 0 N–H and O–H groups in total. The Balaban J connectivity index is 1.50. The third-order valence-corrected chi connectivity index (χ3v) is 6.73. The topological polar surface area (TPSA) is 102 Å². The summed E-state index contributed by atoms with van der Waals surface area (Å²) in [4.78, 5) is 4.18. The maximum absolute atomic E-state index is 12.9. The maximum atomic E-state index is 12.9. The van der Waals surface area contributed by atoms with Gasteiger partial charge >= 0.3 is 6.18 Å². The van der Waals surface area contributed by atoms with Crippen molar-refractivity contribution in [2.75, 3.05) is 13.1 Å². The summed E-state index contributed by atoms with van der Waals surface area (Å²) in [5.41, 5.74) is -0.383. The van der Waals surface area contributed by atoms with Crippen LogP contribution in [0.5, 0.6) is 0 Å². The summed E-state index contributed by atoms with van der Waals surface area (Å²) in [6, 6.07) is 4.59. The van der Waals surface area contributed by atoms with Gasteiger partial charge in [-0.15, -0.1) is 0 Å². The summed E-state index contributed by atoms with van der Waals surface area (Å²) in [7, 11) is -3.77. The van der Waals surface area contributed by atoms with Crippen molar-refractivity contribution < 1.29 is 30.6 Å². The second-order valence-corrected chi connectivity index (χ2v) is 8.58. The van der Waals surface area contributed by atoms with E-state index in [9.17, 15) is 21.6 Å². The molecular weight excluding hydrogens is 413 g/mol. The van der Waals surface area contributed by atoms with Crippen LogP contribution in [0.1, 0.15) is 28.8 Å². The largest absolute Gasteiger partial charge is 0.416 e. The van der Waals surface area contributed by atoms with Crippen molar-refractivity contribution in [3.8, 4) is 11.4 Å². The summed E-state index contributed by atoms with van der Waals surface area (Å²) in [5, 5.41) is 7.39. The Morgan fingerprint density at radius 1 is 1.14 bits per heavy atom. The number of hydrogen-bond acceptors (Lipinski definition) is 7. The van der Waals surface area contributed by atoms with Crippen molar-refractivity contribution in [2.45, 2.75) is 30.8 Å². The molecule has 0 radical (unpaired) electrons. The third-order valence-electron chi connectivity index (χ3n) is 4.65. The zero-order valence-electron chi connectivity index (χ0n) is 15.3. The number of aromatic nitrogens is 3. The number of rotatable bonds is 4. The summed E-state index contributed by atoms with van der Waals surface area (Å²) in [6.07, 6.45) is -4.48. The highest BCUT2D eigenvalue weighted by atomic mass is 32.2. The molecule has 4 rings (SSSR count). The predicted octanol–water partition coefficient (Wildman–Crippen LogP) is 3.15. The summed E-state index contributed by atoms with van der Waals surface area (Å²) >= 11 is 0. The van der Waals surface area contributed by atoms with E-state index >= 15 is 0 Å². The molecule has 1 fully saturated rings. The molecule has 2 aromatic heterocycles. The van der Waals surface area contributed by atoms with Crippen molar-refractivity contribution >= 4 is 10.0 Å². The number of sulfonamides is 1. The van der Waals surface area contributed by atoms with E-state index in [4.69, 9.17) is 9.05 Å². The first-order valence-electron chi connectivity index (χ1n) is 8.51. The first-order chi connectivity index (χ1) is 13.6. The Kier molecular flexibility index (Phi) is 4.50. The zero-order valence-corrected chi connectivity index (χ0v) is 16.1. The Hall–Kier alpha value is -2.73. The number of halogens is 3. The minimum Gasteiger partial charge on any atom is -0.360 e. The van der Waals surface area contributed by atoms with Crippen molar-refractivity contribution in [1.82, 2.24) is 19.6 Å². The number of alkyl halides is 3. The first-order valence-corrected chi connectivity index (χ1v) is 9.95. The minimum absolute atomic E-state index is 0.0122. The zero-order chi connectivity index (χ0) is 21.0. The lowest BCUT2D eigenvalue weighted by Gasteiger charge is -2.35. The molecule has 0 saturated carbocycles. The van der Waals surface area contributed by atoms with Crippen LogP contribution in [0, 0.1) is 13.8 Å². The van der Waals surface area contributed by atoms with Crippen molar-refractivity contribution in [3.05, 3.63) is 47.2 Å². The van der Waals surface area contributed by atoms with E-state index in [1.54, 1.807) is 6.92 Å². The molecule has 154 valence electrons. The first kappa shape index (κ1) is 19.6. The van der Waals surface area contributed by atoms with Gasteiger partial charge in [-0.05, 0) is 26.0 Å². The van der Waals surface area contributed by atoms with Crippen LogP contribution in [0.25, 0.3) is 11.4 Å². The van der Waals surface area contributed by atoms with Crippen LogP contribution in [-0.2, 0) is 16.2 Å². The molecule has 0 bridgehead atoms. The molecule has 29 heavy (non-hydrogen) atoms. The monoisotopic (exact) mass is 428 g/mol. The quantitative estimate of drug-likeness (QED) is 0.629. The van der Waals surface area contributed by atoms with Crippen LogP contribution < -0.4 is 0 Å². The SMILES string of the molecule is Cc1noc(C)c1S(=O)(=O)N1CC(c2nc(-c3cccc(C(F)(F)F)c3)no2)C1. The highest BCUT2D eigenvalue weighted by molar-refractivity contribution is 7.89. The smallest absolute Gasteiger partial charge is 0.360 e. The Labute approximate surface area is 163 Å². The average molecular weight is 428 g/mol. The van der Waals surface area contributed by atoms with E-state index in [2.05, 4.69) is 15.3 Å². The van der Waals surface area contributed by atoms with Gasteiger partial charge in [-0.25, -0.2) is 8.42 Å². The molecule has 0 atom stereocenters. The molecule has 3 aromatic rings. The highest BCUT2D eigenvalue weighted by Gasteiger charge is 2.42. The van der Waals surface area contributed by atoms with E-state index in [0.717, 1.165) is 12.1 Å². The molecule has 1 saturated heterocycles. The van der Waals surface area contributed by atoms with Gasteiger partial charge in [0.25, 0.3) is 0 Å². The molecule has 0 amide bonds. The second-order valence-electron chi connectivity index (χ2n) is 6.71. The predicted molar refractivity (Wildman–Crippen MR) is 92.2 cm³/mol. The van der Waals surface area contributed by atoms with E-state index in [1.807, 2.05) is 0 Å². The fraction of sp³-hybridized carbons (Fsp3) is 0.353. The maximum Gasteiger partial charge on any atom is 0.416 e. The molecule has 1 aliphatic rings. The van der Waals surface area contributed by atoms with Gasteiger partial charge in [-0.1, -0.05) is 22.4 Å². The molecule has 0 unspecified atom stereocenters. The fourth-order valence-corrected chi connectivity index (χ4v) is 4.94. The van der Waals surface area contributed by atoms with E-state index in [0.29, 0.717) is 0 Å². The van der Waals surface area contributed by atoms with E-state index in [-0.39, 0.29) is 52.6 Å². The van der Waals surface area contributed by atoms with Crippen LogP contribution in [0.4, 0.5) is 13.2 Å². The molecule has 1 aliphatic heterocycles. The van der Waals surface area contributed by atoms with Gasteiger partial charge in [0, 0.05) is 18.7 Å². The molecule has 8 nitrogen and oxygen atoms in total. The van der Waals surface area contributed by atoms with Crippen LogP contribution in [0.2, 0.25) is 0 Å². The van der Waals surface area contributed by atoms with Crippen molar-refractivity contribution in [2.24, 2.45) is 0 Å². The van der Waals surface area contributed by atoms with Crippen LogP contribution in [0.3, 0.4) is 0 Å². The molecule has 3 heterocycles. The molecule has 1 aromatic carbocycles. The van der Waals surface area contributed by atoms with Crippen LogP contribution in [-0.4, -0.2) is 41.1 Å². The Morgan fingerprint density at radius 2 is 1.86 bits per heavy atom. The lowest BCUT2D eigenvalue weighted by molar-refractivity contribution is -0.137. The van der Waals surface area contributed by atoms with Gasteiger partial charge in [-0.3, -0.25) is 0 Å². The normalized spacial score (nSPS) is 16.2. The Bertz CT molecular complexity index is 1140. The van der Waals surface area contributed by atoms with Gasteiger partial charge in [0.1, 0.15) is 10.6 Å². The summed E-state index contributed by atoms with van der Waals surface area (Å²) in [5.74, 6) is 0.0358. The third kappa shape index (κ3) is 3.42. The van der Waals surface area contributed by atoms with Gasteiger partial charge in [-0.2, -0.15) is 22.5 Å². The summed E-state index contributed by atoms with van der Waals surface area (Å²) < 4.78 is 75.3. The fourth-order valence-electron chi connectivity index (χ4n) is 3.12. The second kappa shape index (κ2) is 6.66. The van der Waals surface area contributed by atoms with Gasteiger partial charge in [0.15, 0.2) is 5.76 Å². The number of benzene rings is 1. The average Bonchev–Trinajstić information content (AvgIpc) is 3.20. The van der Waals surface area contributed by atoms with Crippen molar-refractivity contribution in [3.63, 3.8) is 0 Å². The summed E-state index contributed by atoms with van der Waals surface area (Å²) in [6.45, 7) is 3.27.